The van der Waals surface area contributed by atoms with Gasteiger partial charge >= 0.3 is 0 Å². The number of carbonyl (C=O) groups is 2. The number of Topliss-reactive ketones (excluding diaryl/α,β-unsaturated/α-hetero) is 1. The first kappa shape index (κ1) is 14.0. The van der Waals surface area contributed by atoms with Crippen molar-refractivity contribution in [1.82, 2.24) is 0 Å². The molecule has 98 valence electrons. The number of amides is 1. The lowest BCUT2D eigenvalue weighted by Gasteiger charge is -2.04. The summed E-state index contributed by atoms with van der Waals surface area (Å²) in [7, 11) is 0. The van der Waals surface area contributed by atoms with Crippen LogP contribution >= 0.6 is 15.9 Å². The van der Waals surface area contributed by atoms with E-state index in [4.69, 9.17) is 5.26 Å². The Morgan fingerprint density at radius 1 is 1.00 bits per heavy atom. The molecule has 1 amide bonds. The maximum Gasteiger partial charge on any atom is 0.296 e. The zero-order chi connectivity index (χ0) is 14.5. The van der Waals surface area contributed by atoms with E-state index in [1.807, 2.05) is 6.07 Å². The van der Waals surface area contributed by atoms with E-state index >= 15 is 0 Å². The highest BCUT2D eigenvalue weighted by molar-refractivity contribution is 9.10. The molecule has 0 aliphatic heterocycles. The molecule has 0 radical (unpaired) electrons. The normalized spacial score (nSPS) is 9.60. The fraction of sp³-hybridized carbons (Fsp3) is 0. The number of nitriles is 1. The molecule has 5 heteroatoms. The number of rotatable bonds is 3. The summed E-state index contributed by atoms with van der Waals surface area (Å²) in [6.07, 6.45) is 0. The third-order valence-corrected chi connectivity index (χ3v) is 3.11. The molecule has 0 aromatic heterocycles. The molecule has 2 aromatic carbocycles. The minimum Gasteiger partial charge on any atom is -0.319 e. The summed E-state index contributed by atoms with van der Waals surface area (Å²) in [5.41, 5.74) is 1.28. The predicted molar refractivity (Wildman–Crippen MR) is 78.3 cm³/mol. The Balaban J connectivity index is 2.09. The number of nitrogens with one attached hydrogen (secondary N) is 1. The highest BCUT2D eigenvalue weighted by Crippen LogP contribution is 2.13. The number of halogens is 1. The third kappa shape index (κ3) is 3.31. The summed E-state index contributed by atoms with van der Waals surface area (Å²) >= 11 is 3.26. The number of hydrogen-bond donors (Lipinski definition) is 1. The van der Waals surface area contributed by atoms with Gasteiger partial charge in [-0.1, -0.05) is 15.9 Å². The Hall–Kier alpha value is -2.45. The second-order valence-electron chi connectivity index (χ2n) is 3.98. The van der Waals surface area contributed by atoms with Crippen molar-refractivity contribution in [2.75, 3.05) is 5.32 Å². The van der Waals surface area contributed by atoms with Crippen LogP contribution in [0.15, 0.2) is 53.0 Å². The Kier molecular flexibility index (Phi) is 4.28. The molecule has 20 heavy (non-hydrogen) atoms. The lowest BCUT2D eigenvalue weighted by molar-refractivity contribution is -0.112. The van der Waals surface area contributed by atoms with E-state index in [1.54, 1.807) is 48.5 Å². The van der Waals surface area contributed by atoms with Gasteiger partial charge in [0.05, 0.1) is 11.6 Å². The van der Waals surface area contributed by atoms with Gasteiger partial charge in [0, 0.05) is 15.7 Å². The molecule has 0 saturated heterocycles. The number of carbonyl (C=O) groups excluding carboxylic acids is 2. The molecular formula is C15H9BrN2O2. The van der Waals surface area contributed by atoms with Crippen molar-refractivity contribution >= 4 is 33.3 Å². The van der Waals surface area contributed by atoms with Crippen LogP contribution in [0, 0.1) is 11.3 Å². The molecule has 0 fully saturated rings. The molecule has 0 saturated carbocycles. The highest BCUT2D eigenvalue weighted by atomic mass is 79.9. The molecule has 0 aliphatic carbocycles. The largest absolute Gasteiger partial charge is 0.319 e. The van der Waals surface area contributed by atoms with Crippen LogP contribution in [0.3, 0.4) is 0 Å². The molecule has 0 bridgehead atoms. The van der Waals surface area contributed by atoms with Crippen molar-refractivity contribution in [2.45, 2.75) is 0 Å². The number of ketones is 1. The fourth-order valence-corrected chi connectivity index (χ4v) is 1.81. The van der Waals surface area contributed by atoms with Crippen molar-refractivity contribution in [1.29, 1.82) is 5.26 Å². The van der Waals surface area contributed by atoms with Crippen LogP contribution in [0.1, 0.15) is 15.9 Å². The van der Waals surface area contributed by atoms with E-state index < -0.39 is 11.7 Å². The maximum absolute atomic E-state index is 11.9. The second kappa shape index (κ2) is 6.13. The van der Waals surface area contributed by atoms with Crippen molar-refractivity contribution < 1.29 is 9.59 Å². The minimum absolute atomic E-state index is 0.319. The first-order valence-corrected chi connectivity index (χ1v) is 6.51. The van der Waals surface area contributed by atoms with Gasteiger partial charge in [-0.25, -0.2) is 0 Å². The summed E-state index contributed by atoms with van der Waals surface area (Å²) in [6.45, 7) is 0. The first-order chi connectivity index (χ1) is 9.60. The molecule has 0 heterocycles. The Bertz CT molecular complexity index is 685. The van der Waals surface area contributed by atoms with Gasteiger partial charge in [0.2, 0.25) is 0 Å². The van der Waals surface area contributed by atoms with Crippen molar-refractivity contribution in [3.63, 3.8) is 0 Å². The van der Waals surface area contributed by atoms with Crippen molar-refractivity contribution in [2.24, 2.45) is 0 Å². The lowest BCUT2D eigenvalue weighted by atomic mass is 10.1. The van der Waals surface area contributed by atoms with Gasteiger partial charge in [0.1, 0.15) is 0 Å². The van der Waals surface area contributed by atoms with Gasteiger partial charge in [0.25, 0.3) is 11.7 Å². The molecule has 0 spiro atoms. The average molecular weight is 329 g/mol. The van der Waals surface area contributed by atoms with Gasteiger partial charge in [-0.3, -0.25) is 9.59 Å². The highest BCUT2D eigenvalue weighted by Gasteiger charge is 2.16. The van der Waals surface area contributed by atoms with Crippen molar-refractivity contribution in [3.05, 3.63) is 64.1 Å². The van der Waals surface area contributed by atoms with Crippen LogP contribution in [0.2, 0.25) is 0 Å². The predicted octanol–water partition coefficient (Wildman–Crippen LogP) is 3.14. The van der Waals surface area contributed by atoms with E-state index in [0.29, 0.717) is 16.8 Å². The minimum atomic E-state index is -0.711. The summed E-state index contributed by atoms with van der Waals surface area (Å²) in [6, 6.07) is 14.8. The van der Waals surface area contributed by atoms with Crippen LogP contribution in [0.25, 0.3) is 0 Å². The lowest BCUT2D eigenvalue weighted by Crippen LogP contribution is -2.22. The molecule has 1 N–H and O–H groups in total. The summed E-state index contributed by atoms with van der Waals surface area (Å²) in [4.78, 5) is 23.7. The number of benzene rings is 2. The van der Waals surface area contributed by atoms with E-state index in [9.17, 15) is 9.59 Å². The summed E-state index contributed by atoms with van der Waals surface area (Å²) in [5, 5.41) is 11.2. The van der Waals surface area contributed by atoms with E-state index in [2.05, 4.69) is 21.2 Å². The zero-order valence-electron chi connectivity index (χ0n) is 10.3. The van der Waals surface area contributed by atoms with Gasteiger partial charge in [-0.05, 0) is 48.5 Å². The standard InChI is InChI=1S/C15H9BrN2O2/c16-12-5-3-11(4-6-12)14(19)15(20)18-13-7-1-10(9-17)2-8-13/h1-8H,(H,18,20). The number of hydrogen-bond acceptors (Lipinski definition) is 3. The zero-order valence-corrected chi connectivity index (χ0v) is 11.8. The molecular weight excluding hydrogens is 320 g/mol. The SMILES string of the molecule is N#Cc1ccc(NC(=O)C(=O)c2ccc(Br)cc2)cc1. The van der Waals surface area contributed by atoms with Crippen LogP contribution in [0.4, 0.5) is 5.69 Å². The number of nitrogens with zero attached hydrogens (tertiary/aromatic N) is 1. The van der Waals surface area contributed by atoms with E-state index in [0.717, 1.165) is 4.47 Å². The quantitative estimate of drug-likeness (QED) is 0.695. The number of anilines is 1. The molecule has 0 aliphatic rings. The Morgan fingerprint density at radius 2 is 1.60 bits per heavy atom. The smallest absolute Gasteiger partial charge is 0.296 e. The van der Waals surface area contributed by atoms with Crippen LogP contribution < -0.4 is 5.32 Å². The van der Waals surface area contributed by atoms with Gasteiger partial charge < -0.3 is 5.32 Å². The second-order valence-corrected chi connectivity index (χ2v) is 4.89. The van der Waals surface area contributed by atoms with Crippen LogP contribution in [0.5, 0.6) is 0 Å². The Morgan fingerprint density at radius 3 is 2.15 bits per heavy atom. The molecule has 0 atom stereocenters. The average Bonchev–Trinajstić information content (AvgIpc) is 2.48. The van der Waals surface area contributed by atoms with Gasteiger partial charge in [-0.15, -0.1) is 0 Å². The van der Waals surface area contributed by atoms with E-state index in [-0.39, 0.29) is 0 Å². The monoisotopic (exact) mass is 328 g/mol. The van der Waals surface area contributed by atoms with Crippen LogP contribution in [-0.4, -0.2) is 11.7 Å². The van der Waals surface area contributed by atoms with E-state index in [1.165, 1.54) is 0 Å². The topological polar surface area (TPSA) is 70.0 Å². The summed E-state index contributed by atoms with van der Waals surface area (Å²) in [5.74, 6) is -1.32. The molecule has 2 rings (SSSR count). The molecule has 2 aromatic rings. The van der Waals surface area contributed by atoms with Gasteiger partial charge in [-0.2, -0.15) is 5.26 Å². The third-order valence-electron chi connectivity index (χ3n) is 2.58. The molecule has 4 nitrogen and oxygen atoms in total. The summed E-state index contributed by atoms with van der Waals surface area (Å²) < 4.78 is 0.835. The first-order valence-electron chi connectivity index (χ1n) is 5.71. The maximum atomic E-state index is 11.9. The van der Waals surface area contributed by atoms with Gasteiger partial charge in [0.15, 0.2) is 0 Å². The van der Waals surface area contributed by atoms with Crippen LogP contribution in [-0.2, 0) is 4.79 Å². The Labute approximate surface area is 124 Å². The fourth-order valence-electron chi connectivity index (χ4n) is 1.55. The molecule has 0 unspecified atom stereocenters. The van der Waals surface area contributed by atoms with Crippen molar-refractivity contribution in [3.8, 4) is 6.07 Å².